The minimum Gasteiger partial charge on any atom is -0.508 e. The Labute approximate surface area is 156 Å². The molecule has 0 aliphatic carbocycles. The maximum atomic E-state index is 12.1. The van der Waals surface area contributed by atoms with Crippen LogP contribution >= 0.6 is 0 Å². The predicted octanol–water partition coefficient (Wildman–Crippen LogP) is 2.65. The van der Waals surface area contributed by atoms with Gasteiger partial charge in [0, 0.05) is 31.0 Å². The van der Waals surface area contributed by atoms with E-state index >= 15 is 0 Å². The van der Waals surface area contributed by atoms with Gasteiger partial charge in [0.25, 0.3) is 11.8 Å². The number of amides is 2. The molecule has 0 atom stereocenters. The number of hydrogen-bond donors (Lipinski definition) is 3. The molecule has 2 amide bonds. The summed E-state index contributed by atoms with van der Waals surface area (Å²) in [6, 6.07) is 17.1. The highest BCUT2D eigenvalue weighted by molar-refractivity contribution is 5.94. The second-order valence-electron chi connectivity index (χ2n) is 5.97. The molecule has 27 heavy (non-hydrogen) atoms. The summed E-state index contributed by atoms with van der Waals surface area (Å²) in [7, 11) is 0. The number of rotatable bonds is 6. The molecule has 0 radical (unpaired) electrons. The molecule has 0 unspecified atom stereocenters. The number of nitrogens with zero attached hydrogens (tertiary/aromatic N) is 1. The van der Waals surface area contributed by atoms with Gasteiger partial charge in [-0.05, 0) is 47.5 Å². The fraction of sp³-hybridized carbons (Fsp3) is 0.0952. The number of carbonyl (C=O) groups excluding carboxylic acids is 2. The van der Waals surface area contributed by atoms with Crippen LogP contribution in [0.25, 0.3) is 0 Å². The molecule has 0 bridgehead atoms. The van der Waals surface area contributed by atoms with Crippen LogP contribution in [0.4, 0.5) is 0 Å². The number of phenols is 1. The first-order valence-electron chi connectivity index (χ1n) is 8.45. The van der Waals surface area contributed by atoms with Crippen molar-refractivity contribution in [2.75, 3.05) is 0 Å². The van der Waals surface area contributed by atoms with Gasteiger partial charge < -0.3 is 15.7 Å². The van der Waals surface area contributed by atoms with E-state index in [1.54, 1.807) is 30.5 Å². The molecule has 3 N–H and O–H groups in total. The van der Waals surface area contributed by atoms with Crippen LogP contribution in [0.3, 0.4) is 0 Å². The van der Waals surface area contributed by atoms with Crippen LogP contribution in [0.2, 0.25) is 0 Å². The Morgan fingerprint density at radius 2 is 1.33 bits per heavy atom. The molecule has 1 aromatic heterocycles. The van der Waals surface area contributed by atoms with Gasteiger partial charge in [0.05, 0.1) is 5.56 Å². The molecule has 3 aromatic rings. The minimum atomic E-state index is -0.206. The average Bonchev–Trinajstić information content (AvgIpc) is 2.72. The van der Waals surface area contributed by atoms with E-state index in [1.165, 1.54) is 18.3 Å². The molecule has 0 aliphatic heterocycles. The first-order chi connectivity index (χ1) is 13.1. The summed E-state index contributed by atoms with van der Waals surface area (Å²) >= 11 is 0. The van der Waals surface area contributed by atoms with Crippen molar-refractivity contribution in [1.82, 2.24) is 15.6 Å². The molecule has 6 heteroatoms. The molecule has 6 nitrogen and oxygen atoms in total. The van der Waals surface area contributed by atoms with Gasteiger partial charge in [-0.3, -0.25) is 14.6 Å². The van der Waals surface area contributed by atoms with Crippen molar-refractivity contribution < 1.29 is 14.7 Å². The van der Waals surface area contributed by atoms with Gasteiger partial charge in [0.1, 0.15) is 5.75 Å². The zero-order valence-electron chi connectivity index (χ0n) is 14.6. The van der Waals surface area contributed by atoms with Crippen molar-refractivity contribution in [3.8, 4) is 5.75 Å². The standard InChI is InChI=1S/C21H19N3O3/c25-19-9-7-17(8-10-19)20(26)23-12-15-3-5-16(6-4-15)13-24-21(27)18-2-1-11-22-14-18/h1-11,14,25H,12-13H2,(H,23,26)(H,24,27). The first-order valence-corrected chi connectivity index (χ1v) is 8.45. The number of carbonyl (C=O) groups is 2. The SMILES string of the molecule is O=C(NCc1ccc(CNC(=O)c2cccnc2)cc1)c1ccc(O)cc1. The summed E-state index contributed by atoms with van der Waals surface area (Å²) in [6.45, 7) is 0.801. The summed E-state index contributed by atoms with van der Waals surface area (Å²) in [6.07, 6.45) is 3.14. The number of aromatic hydroxyl groups is 1. The second-order valence-corrected chi connectivity index (χ2v) is 5.97. The van der Waals surface area contributed by atoms with Crippen LogP contribution in [0.1, 0.15) is 31.8 Å². The van der Waals surface area contributed by atoms with E-state index in [0.717, 1.165) is 11.1 Å². The van der Waals surface area contributed by atoms with Gasteiger partial charge in [-0.25, -0.2) is 0 Å². The van der Waals surface area contributed by atoms with E-state index in [-0.39, 0.29) is 17.6 Å². The topological polar surface area (TPSA) is 91.3 Å². The quantitative estimate of drug-likeness (QED) is 0.629. The van der Waals surface area contributed by atoms with Crippen LogP contribution in [0.5, 0.6) is 5.75 Å². The minimum absolute atomic E-state index is 0.123. The van der Waals surface area contributed by atoms with E-state index < -0.39 is 0 Å². The van der Waals surface area contributed by atoms with Crippen molar-refractivity contribution in [1.29, 1.82) is 0 Å². The summed E-state index contributed by atoms with van der Waals surface area (Å²) in [5, 5.41) is 14.9. The normalized spacial score (nSPS) is 10.2. The maximum Gasteiger partial charge on any atom is 0.253 e. The molecule has 1 heterocycles. The van der Waals surface area contributed by atoms with E-state index in [0.29, 0.717) is 24.2 Å². The largest absolute Gasteiger partial charge is 0.508 e. The van der Waals surface area contributed by atoms with Crippen LogP contribution in [-0.2, 0) is 13.1 Å². The third-order valence-corrected chi connectivity index (χ3v) is 3.98. The zero-order valence-corrected chi connectivity index (χ0v) is 14.6. The summed E-state index contributed by atoms with van der Waals surface area (Å²) in [5.74, 6) is -0.256. The Morgan fingerprint density at radius 1 is 0.778 bits per heavy atom. The monoisotopic (exact) mass is 361 g/mol. The summed E-state index contributed by atoms with van der Waals surface area (Å²) in [4.78, 5) is 28.0. The molecule has 0 saturated carbocycles. The van der Waals surface area contributed by atoms with Crippen LogP contribution in [0.15, 0.2) is 73.1 Å². The van der Waals surface area contributed by atoms with Gasteiger partial charge in [0.15, 0.2) is 0 Å². The van der Waals surface area contributed by atoms with Crippen molar-refractivity contribution >= 4 is 11.8 Å². The van der Waals surface area contributed by atoms with E-state index in [2.05, 4.69) is 15.6 Å². The summed E-state index contributed by atoms with van der Waals surface area (Å²) < 4.78 is 0. The molecule has 0 spiro atoms. The Morgan fingerprint density at radius 3 is 1.85 bits per heavy atom. The third kappa shape index (κ3) is 5.15. The lowest BCUT2D eigenvalue weighted by molar-refractivity contribution is 0.0942. The molecular weight excluding hydrogens is 342 g/mol. The zero-order chi connectivity index (χ0) is 19.1. The highest BCUT2D eigenvalue weighted by atomic mass is 16.3. The Balaban J connectivity index is 1.49. The van der Waals surface area contributed by atoms with Gasteiger partial charge in [-0.2, -0.15) is 0 Å². The number of pyridine rings is 1. The smallest absolute Gasteiger partial charge is 0.253 e. The lowest BCUT2D eigenvalue weighted by Crippen LogP contribution is -2.23. The number of hydrogen-bond acceptors (Lipinski definition) is 4. The maximum absolute atomic E-state index is 12.1. The van der Waals surface area contributed by atoms with E-state index in [1.807, 2.05) is 24.3 Å². The predicted molar refractivity (Wildman–Crippen MR) is 101 cm³/mol. The van der Waals surface area contributed by atoms with Gasteiger partial charge in [-0.1, -0.05) is 24.3 Å². The number of nitrogens with one attached hydrogen (secondary N) is 2. The molecule has 0 aliphatic rings. The number of phenolic OH excluding ortho intramolecular Hbond substituents is 1. The Kier molecular flexibility index (Phi) is 5.79. The molecule has 0 fully saturated rings. The van der Waals surface area contributed by atoms with Crippen molar-refractivity contribution in [2.24, 2.45) is 0 Å². The van der Waals surface area contributed by atoms with Crippen molar-refractivity contribution in [3.05, 3.63) is 95.3 Å². The molecular formula is C21H19N3O3. The van der Waals surface area contributed by atoms with E-state index in [4.69, 9.17) is 0 Å². The van der Waals surface area contributed by atoms with Gasteiger partial charge in [-0.15, -0.1) is 0 Å². The van der Waals surface area contributed by atoms with E-state index in [9.17, 15) is 14.7 Å². The fourth-order valence-corrected chi connectivity index (χ4v) is 2.45. The van der Waals surface area contributed by atoms with Gasteiger partial charge in [0.2, 0.25) is 0 Å². The Bertz CT molecular complexity index is 908. The van der Waals surface area contributed by atoms with Crippen LogP contribution < -0.4 is 10.6 Å². The highest BCUT2D eigenvalue weighted by Gasteiger charge is 2.06. The second kappa shape index (κ2) is 8.62. The highest BCUT2D eigenvalue weighted by Crippen LogP contribution is 2.10. The lowest BCUT2D eigenvalue weighted by Gasteiger charge is -2.08. The molecule has 0 saturated heterocycles. The van der Waals surface area contributed by atoms with Crippen LogP contribution in [-0.4, -0.2) is 21.9 Å². The van der Waals surface area contributed by atoms with Gasteiger partial charge >= 0.3 is 0 Å². The van der Waals surface area contributed by atoms with Crippen molar-refractivity contribution in [2.45, 2.75) is 13.1 Å². The molecule has 3 rings (SSSR count). The molecule has 2 aromatic carbocycles. The first kappa shape index (κ1) is 18.1. The van der Waals surface area contributed by atoms with Crippen molar-refractivity contribution in [3.63, 3.8) is 0 Å². The number of benzene rings is 2. The fourth-order valence-electron chi connectivity index (χ4n) is 2.45. The average molecular weight is 361 g/mol. The Hall–Kier alpha value is -3.67. The lowest BCUT2D eigenvalue weighted by atomic mass is 10.1. The summed E-state index contributed by atoms with van der Waals surface area (Å²) in [5.41, 5.74) is 2.92. The molecule has 136 valence electrons. The number of aromatic nitrogens is 1. The third-order valence-electron chi connectivity index (χ3n) is 3.98. The van der Waals surface area contributed by atoms with Crippen LogP contribution in [0, 0.1) is 0 Å².